The molecule has 3 rings (SSSR count). The first-order valence-corrected chi connectivity index (χ1v) is 7.81. The zero-order valence-electron chi connectivity index (χ0n) is 13.6. The molecule has 0 radical (unpaired) electrons. The second-order valence-electron chi connectivity index (χ2n) is 6.30. The summed E-state index contributed by atoms with van der Waals surface area (Å²) < 4.78 is 39.3. The van der Waals surface area contributed by atoms with Gasteiger partial charge in [-0.05, 0) is 18.6 Å². The van der Waals surface area contributed by atoms with Gasteiger partial charge in [0, 0.05) is 24.0 Å². The first kappa shape index (κ1) is 18.0. The average molecular weight is 368 g/mol. The lowest BCUT2D eigenvalue weighted by Crippen LogP contribution is -2.35. The number of aryl methyl sites for hydroxylation is 1. The van der Waals surface area contributed by atoms with E-state index in [0.29, 0.717) is 16.5 Å². The molecule has 0 saturated carbocycles. The summed E-state index contributed by atoms with van der Waals surface area (Å²) in [6, 6.07) is 6.73. The molecule has 2 heterocycles. The highest BCUT2D eigenvalue weighted by atomic mass is 19.4. The van der Waals surface area contributed by atoms with Gasteiger partial charge in [-0.2, -0.15) is 13.2 Å². The molecular formula is C17H15F3N2O4. The van der Waals surface area contributed by atoms with Gasteiger partial charge in [-0.15, -0.1) is 0 Å². The van der Waals surface area contributed by atoms with E-state index in [9.17, 15) is 27.6 Å². The highest BCUT2D eigenvalue weighted by molar-refractivity contribution is 6.00. The minimum absolute atomic E-state index is 0.268. The van der Waals surface area contributed by atoms with Crippen LogP contribution in [-0.2, 0) is 4.79 Å². The molecule has 1 aliphatic rings. The monoisotopic (exact) mass is 368 g/mol. The van der Waals surface area contributed by atoms with Gasteiger partial charge in [0.25, 0.3) is 11.5 Å². The SMILES string of the molecule is Cc1c(C(=O)N2C[C@@H](C(F)(F)F)[C@H](C(=O)O)C2)c(=O)[nH]c2ccccc12. The van der Waals surface area contributed by atoms with Gasteiger partial charge < -0.3 is 15.0 Å². The number of carbonyl (C=O) groups excluding carboxylic acids is 1. The second-order valence-corrected chi connectivity index (χ2v) is 6.30. The molecule has 1 aromatic carbocycles. The van der Waals surface area contributed by atoms with E-state index >= 15 is 0 Å². The lowest BCUT2D eigenvalue weighted by atomic mass is 9.96. The molecule has 9 heteroatoms. The van der Waals surface area contributed by atoms with E-state index in [0.717, 1.165) is 4.90 Å². The molecule has 2 N–H and O–H groups in total. The number of fused-ring (bicyclic) bond motifs is 1. The number of carboxylic acids is 1. The number of nitrogens with one attached hydrogen (secondary N) is 1. The number of aliphatic carboxylic acids is 1. The Morgan fingerprint density at radius 3 is 2.46 bits per heavy atom. The molecule has 1 amide bonds. The molecule has 2 atom stereocenters. The Bertz CT molecular complexity index is 951. The van der Waals surface area contributed by atoms with Crippen molar-refractivity contribution in [3.05, 3.63) is 45.7 Å². The normalized spacial score (nSPS) is 20.5. The van der Waals surface area contributed by atoms with Crippen LogP contribution < -0.4 is 5.56 Å². The smallest absolute Gasteiger partial charge is 0.394 e. The molecule has 2 aromatic rings. The number of H-pyrrole nitrogens is 1. The Hall–Kier alpha value is -2.84. The van der Waals surface area contributed by atoms with Crippen molar-refractivity contribution in [1.29, 1.82) is 0 Å². The number of amides is 1. The Labute approximate surface area is 145 Å². The lowest BCUT2D eigenvalue weighted by Gasteiger charge is -2.19. The number of hydrogen-bond acceptors (Lipinski definition) is 3. The number of pyridine rings is 1. The Morgan fingerprint density at radius 2 is 1.88 bits per heavy atom. The van der Waals surface area contributed by atoms with Gasteiger partial charge in [0.15, 0.2) is 0 Å². The summed E-state index contributed by atoms with van der Waals surface area (Å²) in [6.45, 7) is 0.159. The molecule has 0 unspecified atom stereocenters. The zero-order chi connectivity index (χ0) is 19.2. The fourth-order valence-corrected chi connectivity index (χ4v) is 3.38. The van der Waals surface area contributed by atoms with Crippen molar-refractivity contribution in [2.24, 2.45) is 11.8 Å². The van der Waals surface area contributed by atoms with Crippen LogP contribution >= 0.6 is 0 Å². The molecule has 1 aromatic heterocycles. The van der Waals surface area contributed by atoms with Gasteiger partial charge in [-0.3, -0.25) is 14.4 Å². The first-order chi connectivity index (χ1) is 12.1. The first-order valence-electron chi connectivity index (χ1n) is 7.81. The van der Waals surface area contributed by atoms with Crippen molar-refractivity contribution < 1.29 is 27.9 Å². The number of benzene rings is 1. The summed E-state index contributed by atoms with van der Waals surface area (Å²) in [7, 11) is 0. The van der Waals surface area contributed by atoms with Crippen LogP contribution in [0.25, 0.3) is 10.9 Å². The minimum atomic E-state index is -4.75. The average Bonchev–Trinajstić information content (AvgIpc) is 3.00. The number of carboxylic acid groups (broad SMARTS) is 1. The number of halogens is 3. The molecule has 1 aliphatic heterocycles. The molecule has 0 bridgehead atoms. The van der Waals surface area contributed by atoms with Crippen LogP contribution in [0.3, 0.4) is 0 Å². The maximum Gasteiger partial charge on any atom is 0.394 e. The summed E-state index contributed by atoms with van der Waals surface area (Å²) >= 11 is 0. The van der Waals surface area contributed by atoms with Crippen LogP contribution in [0.4, 0.5) is 13.2 Å². The van der Waals surface area contributed by atoms with E-state index in [1.54, 1.807) is 24.3 Å². The molecule has 0 aliphatic carbocycles. The van der Waals surface area contributed by atoms with E-state index in [1.165, 1.54) is 6.92 Å². The number of para-hydroxylation sites is 1. The number of nitrogens with zero attached hydrogens (tertiary/aromatic N) is 1. The van der Waals surface area contributed by atoms with Crippen LogP contribution in [0.1, 0.15) is 15.9 Å². The van der Waals surface area contributed by atoms with Gasteiger partial charge in [0.05, 0.1) is 11.8 Å². The Morgan fingerprint density at radius 1 is 1.23 bits per heavy atom. The quantitative estimate of drug-likeness (QED) is 0.850. The lowest BCUT2D eigenvalue weighted by molar-refractivity contribution is -0.187. The third-order valence-electron chi connectivity index (χ3n) is 4.74. The van der Waals surface area contributed by atoms with Gasteiger partial charge in [0.2, 0.25) is 0 Å². The summed E-state index contributed by atoms with van der Waals surface area (Å²) in [5, 5.41) is 9.66. The Kier molecular flexibility index (Phi) is 4.25. The molecular weight excluding hydrogens is 353 g/mol. The summed E-state index contributed by atoms with van der Waals surface area (Å²) in [5.41, 5.74) is -0.134. The van der Waals surface area contributed by atoms with Gasteiger partial charge in [0.1, 0.15) is 5.56 Å². The number of carbonyl (C=O) groups is 2. The molecule has 0 spiro atoms. The van der Waals surface area contributed by atoms with Crippen LogP contribution in [0.2, 0.25) is 0 Å². The van der Waals surface area contributed by atoms with E-state index < -0.39 is 48.5 Å². The number of alkyl halides is 3. The molecule has 1 fully saturated rings. The van der Waals surface area contributed by atoms with Gasteiger partial charge >= 0.3 is 12.1 Å². The number of likely N-dealkylation sites (tertiary alicyclic amines) is 1. The van der Waals surface area contributed by atoms with Crippen LogP contribution in [0, 0.1) is 18.8 Å². The number of aromatic nitrogens is 1. The summed E-state index contributed by atoms with van der Waals surface area (Å²) in [5.74, 6) is -6.43. The van der Waals surface area contributed by atoms with Crippen molar-refractivity contribution in [2.75, 3.05) is 13.1 Å². The number of rotatable bonds is 2. The van der Waals surface area contributed by atoms with Crippen molar-refractivity contribution in [1.82, 2.24) is 9.88 Å². The summed E-state index contributed by atoms with van der Waals surface area (Å²) in [6.07, 6.45) is -4.75. The maximum absolute atomic E-state index is 13.1. The maximum atomic E-state index is 13.1. The molecule has 26 heavy (non-hydrogen) atoms. The highest BCUT2D eigenvalue weighted by Crippen LogP contribution is 2.38. The summed E-state index contributed by atoms with van der Waals surface area (Å²) in [4.78, 5) is 39.5. The van der Waals surface area contributed by atoms with Crippen LogP contribution in [0.5, 0.6) is 0 Å². The zero-order valence-corrected chi connectivity index (χ0v) is 13.6. The van der Waals surface area contributed by atoms with Crippen LogP contribution in [-0.4, -0.2) is 46.1 Å². The van der Waals surface area contributed by atoms with Crippen molar-refractivity contribution in [2.45, 2.75) is 13.1 Å². The van der Waals surface area contributed by atoms with Crippen molar-refractivity contribution >= 4 is 22.8 Å². The molecule has 138 valence electrons. The van der Waals surface area contributed by atoms with Crippen molar-refractivity contribution in [3.8, 4) is 0 Å². The molecule has 1 saturated heterocycles. The van der Waals surface area contributed by atoms with Gasteiger partial charge in [-0.25, -0.2) is 0 Å². The fourth-order valence-electron chi connectivity index (χ4n) is 3.38. The number of hydrogen-bond donors (Lipinski definition) is 2. The third-order valence-corrected chi connectivity index (χ3v) is 4.74. The van der Waals surface area contributed by atoms with E-state index in [2.05, 4.69) is 4.98 Å². The second kappa shape index (κ2) is 6.15. The predicted molar refractivity (Wildman–Crippen MR) is 85.9 cm³/mol. The standard InChI is InChI=1S/C17H15F3N2O4/c1-8-9-4-2-3-5-12(9)21-14(23)13(8)15(24)22-6-10(16(25)26)11(7-22)17(18,19)20/h2-5,10-11H,6-7H2,1H3,(H,21,23)(H,25,26)/t10-,11-/m1/s1. The van der Waals surface area contributed by atoms with E-state index in [1.807, 2.05) is 0 Å². The largest absolute Gasteiger partial charge is 0.481 e. The topological polar surface area (TPSA) is 90.5 Å². The minimum Gasteiger partial charge on any atom is -0.481 e. The highest BCUT2D eigenvalue weighted by Gasteiger charge is 2.53. The van der Waals surface area contributed by atoms with E-state index in [-0.39, 0.29) is 5.56 Å². The number of aromatic amines is 1. The Balaban J connectivity index is 2.02. The van der Waals surface area contributed by atoms with Gasteiger partial charge in [-0.1, -0.05) is 18.2 Å². The van der Waals surface area contributed by atoms with Crippen LogP contribution in [0.15, 0.2) is 29.1 Å². The fraction of sp³-hybridized carbons (Fsp3) is 0.353. The van der Waals surface area contributed by atoms with Crippen molar-refractivity contribution in [3.63, 3.8) is 0 Å². The van der Waals surface area contributed by atoms with E-state index in [4.69, 9.17) is 5.11 Å². The molecule has 6 nitrogen and oxygen atoms in total. The third kappa shape index (κ3) is 2.93. The predicted octanol–water partition coefficient (Wildman–Crippen LogP) is 2.17.